The number of hydrogen-bond donors (Lipinski definition) is 2. The minimum Gasteiger partial charge on any atom is -0.481 e. The Morgan fingerprint density at radius 2 is 1.83 bits per heavy atom. The summed E-state index contributed by atoms with van der Waals surface area (Å²) in [5.74, 6) is -5.02. The Balaban J connectivity index is 1.56. The largest absolute Gasteiger partial charge is 0.481 e. The van der Waals surface area contributed by atoms with E-state index in [0.717, 1.165) is 29.5 Å². The van der Waals surface area contributed by atoms with Crippen molar-refractivity contribution < 1.29 is 28.2 Å². The Bertz CT molecular complexity index is 1280. The van der Waals surface area contributed by atoms with Gasteiger partial charge in [-0.2, -0.15) is 0 Å². The summed E-state index contributed by atoms with van der Waals surface area (Å²) in [7, 11) is 1.58. The summed E-state index contributed by atoms with van der Waals surface area (Å²) >= 11 is 0. The van der Waals surface area contributed by atoms with E-state index < -0.39 is 59.6 Å². The first-order chi connectivity index (χ1) is 19.9. The molecule has 3 aliphatic rings. The lowest BCUT2D eigenvalue weighted by Crippen LogP contribution is -2.50. The maximum atomic E-state index is 14.5. The van der Waals surface area contributed by atoms with Crippen LogP contribution in [-0.4, -0.2) is 52.0 Å². The maximum Gasteiger partial charge on any atom is 0.326 e. The molecule has 9 heteroatoms. The van der Waals surface area contributed by atoms with Crippen molar-refractivity contribution in [3.8, 4) is 5.88 Å². The van der Waals surface area contributed by atoms with Crippen molar-refractivity contribution in [1.82, 2.24) is 15.2 Å². The third kappa shape index (κ3) is 6.03. The third-order valence-electron chi connectivity index (χ3n) is 9.55. The quantitative estimate of drug-likeness (QED) is 0.377. The number of aromatic nitrogens is 1. The van der Waals surface area contributed by atoms with E-state index in [-0.39, 0.29) is 12.8 Å². The Hall–Kier alpha value is -3.07. The van der Waals surface area contributed by atoms with Crippen LogP contribution in [0.5, 0.6) is 5.88 Å². The number of alkyl halides is 2. The van der Waals surface area contributed by atoms with Crippen molar-refractivity contribution in [2.24, 2.45) is 17.3 Å². The van der Waals surface area contributed by atoms with E-state index >= 15 is 0 Å². The summed E-state index contributed by atoms with van der Waals surface area (Å²) in [5, 5.41) is 14.3. The van der Waals surface area contributed by atoms with Crippen molar-refractivity contribution in [2.45, 2.75) is 102 Å². The smallest absolute Gasteiger partial charge is 0.326 e. The lowest BCUT2D eigenvalue weighted by Gasteiger charge is -2.37. The van der Waals surface area contributed by atoms with Crippen LogP contribution in [0.2, 0.25) is 0 Å². The SMILES string of the molecule is COc1ncc(C2CCC2)cc1CN[C@H]1[C@H](C(C)(C)C)[C@@H](C(=O)O)N(C(=O)C2CCCC(F)(F)C2)[C@H]1c1ccccc1. The van der Waals surface area contributed by atoms with E-state index in [0.29, 0.717) is 24.8 Å². The number of ether oxygens (including phenoxy) is 1. The Kier molecular flexibility index (Phi) is 8.61. The van der Waals surface area contributed by atoms with E-state index in [4.69, 9.17) is 4.74 Å². The van der Waals surface area contributed by atoms with Gasteiger partial charge in [-0.25, -0.2) is 18.6 Å². The zero-order valence-corrected chi connectivity index (χ0v) is 25.0. The predicted octanol–water partition coefficient (Wildman–Crippen LogP) is 6.34. The van der Waals surface area contributed by atoms with Crippen molar-refractivity contribution >= 4 is 11.9 Å². The lowest BCUT2D eigenvalue weighted by molar-refractivity contribution is -0.157. The molecule has 3 fully saturated rings. The number of hydrogen-bond acceptors (Lipinski definition) is 5. The summed E-state index contributed by atoms with van der Waals surface area (Å²) in [6, 6.07) is 9.16. The monoisotopic (exact) mass is 583 g/mol. The number of nitrogens with zero attached hydrogens (tertiary/aromatic N) is 2. The van der Waals surface area contributed by atoms with E-state index in [1.54, 1.807) is 7.11 Å². The standard InChI is InChI=1S/C33H43F2N3O4/c1-32(2,3)25-26(36-19-24-16-23(20-12-8-13-20)18-37-29(24)42-4)27(21-10-6-5-7-11-21)38(28(25)31(40)41)30(39)22-14-9-15-33(34,35)17-22/h5-7,10-11,16,18,20,22,25-28,36H,8-9,12-15,17,19H2,1-4H3,(H,40,41)/t22?,25-,26-,27-,28-/m0/s1. The number of carboxylic acids is 1. The third-order valence-corrected chi connectivity index (χ3v) is 9.55. The van der Waals surface area contributed by atoms with Crippen molar-refractivity contribution in [1.29, 1.82) is 0 Å². The van der Waals surface area contributed by atoms with Gasteiger partial charge in [0.25, 0.3) is 0 Å². The van der Waals surface area contributed by atoms with Crippen LogP contribution in [0, 0.1) is 17.3 Å². The van der Waals surface area contributed by atoms with Crippen LogP contribution in [0.3, 0.4) is 0 Å². The van der Waals surface area contributed by atoms with E-state index in [1.807, 2.05) is 57.3 Å². The van der Waals surface area contributed by atoms with Crippen LogP contribution >= 0.6 is 0 Å². The van der Waals surface area contributed by atoms with E-state index in [2.05, 4.69) is 16.4 Å². The second-order valence-electron chi connectivity index (χ2n) is 13.4. The highest BCUT2D eigenvalue weighted by molar-refractivity contribution is 5.87. The van der Waals surface area contributed by atoms with Crippen molar-refractivity contribution in [3.05, 3.63) is 59.3 Å². The molecule has 2 N–H and O–H groups in total. The average molecular weight is 584 g/mol. The molecule has 0 radical (unpaired) electrons. The molecule has 1 aliphatic heterocycles. The summed E-state index contributed by atoms with van der Waals surface area (Å²) in [5.41, 5.74) is 2.27. The molecule has 1 unspecified atom stereocenters. The Labute approximate surface area is 247 Å². The highest BCUT2D eigenvalue weighted by atomic mass is 19.3. The normalized spacial score (nSPS) is 27.9. The molecule has 5 rings (SSSR count). The zero-order valence-electron chi connectivity index (χ0n) is 25.0. The Morgan fingerprint density at radius 1 is 1.12 bits per heavy atom. The molecule has 42 heavy (non-hydrogen) atoms. The van der Waals surface area contributed by atoms with Crippen LogP contribution < -0.4 is 10.1 Å². The summed E-state index contributed by atoms with van der Waals surface area (Å²) in [6.07, 6.45) is 5.09. The van der Waals surface area contributed by atoms with Crippen LogP contribution in [0.15, 0.2) is 42.6 Å². The van der Waals surface area contributed by atoms with Gasteiger partial charge in [-0.15, -0.1) is 0 Å². The zero-order chi connectivity index (χ0) is 30.2. The molecule has 0 bridgehead atoms. The van der Waals surface area contributed by atoms with Gasteiger partial charge in [0, 0.05) is 49.0 Å². The van der Waals surface area contributed by atoms with Crippen LogP contribution in [-0.2, 0) is 16.1 Å². The molecule has 1 aromatic heterocycles. The van der Waals surface area contributed by atoms with Crippen LogP contribution in [0.1, 0.15) is 94.4 Å². The minimum atomic E-state index is -2.94. The molecule has 228 valence electrons. The highest BCUT2D eigenvalue weighted by Gasteiger charge is 2.59. The fraction of sp³-hybridized carbons (Fsp3) is 0.606. The molecule has 1 amide bonds. The van der Waals surface area contributed by atoms with Gasteiger partial charge >= 0.3 is 5.97 Å². The van der Waals surface area contributed by atoms with Gasteiger partial charge in [-0.1, -0.05) is 57.5 Å². The van der Waals surface area contributed by atoms with Crippen LogP contribution in [0.25, 0.3) is 0 Å². The number of halogens is 2. The second kappa shape index (κ2) is 11.9. The summed E-state index contributed by atoms with van der Waals surface area (Å²) in [4.78, 5) is 33.2. The number of pyridine rings is 1. The fourth-order valence-corrected chi connectivity index (χ4v) is 7.34. The molecule has 7 nitrogen and oxygen atoms in total. The minimum absolute atomic E-state index is 0.236. The van der Waals surface area contributed by atoms with Gasteiger partial charge in [0.2, 0.25) is 17.7 Å². The van der Waals surface area contributed by atoms with Crippen molar-refractivity contribution in [3.63, 3.8) is 0 Å². The topological polar surface area (TPSA) is 91.8 Å². The van der Waals surface area contributed by atoms with Gasteiger partial charge < -0.3 is 20.1 Å². The van der Waals surface area contributed by atoms with E-state index in [1.165, 1.54) is 11.3 Å². The molecule has 0 spiro atoms. The second-order valence-corrected chi connectivity index (χ2v) is 13.4. The van der Waals surface area contributed by atoms with Gasteiger partial charge in [-0.3, -0.25) is 4.79 Å². The van der Waals surface area contributed by atoms with Gasteiger partial charge in [0.15, 0.2) is 0 Å². The molecular weight excluding hydrogens is 540 g/mol. The van der Waals surface area contributed by atoms with Gasteiger partial charge in [0.1, 0.15) is 6.04 Å². The number of aliphatic carboxylic acids is 1. The lowest BCUT2D eigenvalue weighted by atomic mass is 9.72. The number of benzene rings is 1. The first kappa shape index (κ1) is 30.4. The van der Waals surface area contributed by atoms with Crippen molar-refractivity contribution in [2.75, 3.05) is 7.11 Å². The molecule has 2 aliphatic carbocycles. The predicted molar refractivity (Wildman–Crippen MR) is 155 cm³/mol. The maximum absolute atomic E-state index is 14.5. The fourth-order valence-electron chi connectivity index (χ4n) is 7.34. The average Bonchev–Trinajstić information content (AvgIpc) is 3.26. The first-order valence-electron chi connectivity index (χ1n) is 15.1. The summed E-state index contributed by atoms with van der Waals surface area (Å²) in [6.45, 7) is 6.29. The molecule has 1 aromatic carbocycles. The molecule has 2 saturated carbocycles. The van der Waals surface area contributed by atoms with E-state index in [9.17, 15) is 23.5 Å². The number of methoxy groups -OCH3 is 1. The Morgan fingerprint density at radius 3 is 2.40 bits per heavy atom. The number of carbonyl (C=O) groups excluding carboxylic acids is 1. The molecule has 2 aromatic rings. The number of carboxylic acid groups (broad SMARTS) is 1. The number of carbonyl (C=O) groups is 2. The molecule has 2 heterocycles. The highest BCUT2D eigenvalue weighted by Crippen LogP contribution is 2.50. The first-order valence-corrected chi connectivity index (χ1v) is 15.1. The molecule has 5 atom stereocenters. The number of likely N-dealkylation sites (tertiary alicyclic amines) is 1. The van der Waals surface area contributed by atoms with Crippen LogP contribution in [0.4, 0.5) is 8.78 Å². The molecule has 1 saturated heterocycles. The van der Waals surface area contributed by atoms with Gasteiger partial charge in [-0.05, 0) is 54.2 Å². The number of amides is 1. The molecular formula is C33H43F2N3O4. The number of rotatable bonds is 8. The summed E-state index contributed by atoms with van der Waals surface area (Å²) < 4.78 is 34.6. The number of nitrogens with one attached hydrogen (secondary N) is 1. The van der Waals surface area contributed by atoms with Gasteiger partial charge in [0.05, 0.1) is 13.2 Å².